The van der Waals surface area contributed by atoms with E-state index >= 15 is 0 Å². The maximum atomic E-state index is 2.08. The molecule has 0 aliphatic rings. The maximum absolute atomic E-state index is 2.08. The van der Waals surface area contributed by atoms with Crippen molar-refractivity contribution < 1.29 is 19.4 Å². The third-order valence-corrected chi connectivity index (χ3v) is 0. The molecule has 0 atom stereocenters. The molecule has 0 fully saturated rings. The topological polar surface area (TPSA) is 0 Å². The van der Waals surface area contributed by atoms with E-state index in [1.165, 1.54) is 0 Å². The molecule has 26 valence electrons. The molecule has 0 saturated heterocycles. The molecule has 1 heteroatoms. The van der Waals surface area contributed by atoms with E-state index in [1.54, 1.807) is 19.4 Å². The van der Waals surface area contributed by atoms with Gasteiger partial charge >= 0.3 is 30.7 Å². The van der Waals surface area contributed by atoms with Crippen molar-refractivity contribution in [1.29, 1.82) is 0 Å². The minimum atomic E-state index is 0. The molecule has 4 heavy (non-hydrogen) atoms. The molecule has 0 spiro atoms. The Balaban J connectivity index is 0. The van der Waals surface area contributed by atoms with Crippen molar-refractivity contribution in [2.45, 2.75) is 6.92 Å². The summed E-state index contributed by atoms with van der Waals surface area (Å²) in [4.78, 5) is 0. The molecular formula is C3H7W-. The van der Waals surface area contributed by atoms with Crippen LogP contribution in [0.2, 0.25) is 0 Å². The van der Waals surface area contributed by atoms with Gasteiger partial charge in [0.15, 0.2) is 0 Å². The van der Waals surface area contributed by atoms with Gasteiger partial charge in [-0.3, -0.25) is 0 Å². The van der Waals surface area contributed by atoms with Gasteiger partial charge in [-0.25, -0.2) is 0 Å². The summed E-state index contributed by atoms with van der Waals surface area (Å²) in [7, 11) is 0. The van der Waals surface area contributed by atoms with E-state index in [9.17, 15) is 0 Å². The van der Waals surface area contributed by atoms with Gasteiger partial charge in [-0.2, -0.15) is 0 Å². The molecule has 0 unspecified atom stereocenters. The number of rotatable bonds is 0. The molecule has 0 heterocycles. The van der Waals surface area contributed by atoms with Crippen LogP contribution in [0, 0.1) is 7.43 Å². The van der Waals surface area contributed by atoms with Crippen LogP contribution in [0.3, 0.4) is 0 Å². The first-order valence-corrected chi connectivity index (χ1v) is 2.51. The molecule has 0 bridgehead atoms. The third-order valence-electron chi connectivity index (χ3n) is 0. The molecule has 0 aromatic carbocycles. The minimum Gasteiger partial charge on any atom is -0.358 e. The molecule has 0 nitrogen and oxygen atoms in total. The van der Waals surface area contributed by atoms with E-state index in [4.69, 9.17) is 0 Å². The van der Waals surface area contributed by atoms with Crippen LogP contribution < -0.4 is 0 Å². The fraction of sp³-hybridized carbons (Fsp3) is 0.333. The zero-order valence-corrected chi connectivity index (χ0v) is 5.92. The average Bonchev–Trinajstić information content (AvgIpc) is 0.918. The molecule has 0 radical (unpaired) electrons. The first-order valence-electron chi connectivity index (χ1n) is 0.813. The van der Waals surface area contributed by atoms with Crippen molar-refractivity contribution in [1.82, 2.24) is 0 Å². The normalized spacial score (nSPS) is 3.25. The Bertz CT molecular complexity index is 10.8. The van der Waals surface area contributed by atoms with Crippen LogP contribution in [0.15, 0.2) is 0 Å². The van der Waals surface area contributed by atoms with Gasteiger partial charge in [0.05, 0.1) is 0 Å². The molecule has 0 aromatic rings. The monoisotopic (exact) mass is 227 g/mol. The Morgan fingerprint density at radius 2 is 1.75 bits per heavy atom. The van der Waals surface area contributed by atoms with Crippen LogP contribution in [0.1, 0.15) is 6.92 Å². The number of hydrogen-bond acceptors (Lipinski definition) is 0. The van der Waals surface area contributed by atoms with Crippen LogP contribution in [-0.2, 0) is 19.4 Å². The van der Waals surface area contributed by atoms with Crippen molar-refractivity contribution >= 4 is 4.40 Å². The Morgan fingerprint density at radius 1 is 1.75 bits per heavy atom. The number of hydrogen-bond donors (Lipinski definition) is 0. The summed E-state index contributed by atoms with van der Waals surface area (Å²) < 4.78 is 2.08. The molecular weight excluding hydrogens is 220 g/mol. The van der Waals surface area contributed by atoms with E-state index in [0.717, 1.165) is 0 Å². The maximum Gasteiger partial charge on any atom is -0.358 e. The van der Waals surface area contributed by atoms with Crippen LogP contribution in [0.25, 0.3) is 0 Å². The van der Waals surface area contributed by atoms with Gasteiger partial charge in [0.2, 0.25) is 0 Å². The summed E-state index contributed by atoms with van der Waals surface area (Å²) in [5.41, 5.74) is 0. The predicted molar refractivity (Wildman–Crippen MR) is 18.2 cm³/mol. The minimum absolute atomic E-state index is 0. The average molecular weight is 227 g/mol. The van der Waals surface area contributed by atoms with Crippen molar-refractivity contribution in [3.63, 3.8) is 0 Å². The Kier molecular flexibility index (Phi) is 21.1. The zero-order chi connectivity index (χ0) is 2.71. The van der Waals surface area contributed by atoms with E-state index in [0.29, 0.717) is 0 Å². The van der Waals surface area contributed by atoms with E-state index in [2.05, 4.69) is 4.40 Å². The quantitative estimate of drug-likeness (QED) is 0.537. The van der Waals surface area contributed by atoms with E-state index in [1.807, 2.05) is 6.92 Å². The zero-order valence-electron chi connectivity index (χ0n) is 2.99. The van der Waals surface area contributed by atoms with Gasteiger partial charge in [-0.1, -0.05) is 0 Å². The summed E-state index contributed by atoms with van der Waals surface area (Å²) in [6, 6.07) is 0. The van der Waals surface area contributed by atoms with Gasteiger partial charge in [-0.05, 0) is 0 Å². The van der Waals surface area contributed by atoms with E-state index < -0.39 is 0 Å². The van der Waals surface area contributed by atoms with Crippen LogP contribution in [-0.4, -0.2) is 4.40 Å². The summed E-state index contributed by atoms with van der Waals surface area (Å²) in [5.74, 6) is 0. The summed E-state index contributed by atoms with van der Waals surface area (Å²) in [6.45, 7) is 2.04. The van der Waals surface area contributed by atoms with Gasteiger partial charge in [0.25, 0.3) is 0 Å². The van der Waals surface area contributed by atoms with Crippen molar-refractivity contribution in [3.8, 4) is 0 Å². The van der Waals surface area contributed by atoms with Gasteiger partial charge < -0.3 is 7.43 Å². The second-order valence-corrected chi connectivity index (χ2v) is 1.93. The van der Waals surface area contributed by atoms with Crippen LogP contribution in [0.5, 0.6) is 0 Å². The SMILES string of the molecule is C[CH]=[W].[CH3-]. The second kappa shape index (κ2) is 9.59. The molecule has 0 rings (SSSR count). The fourth-order valence-electron chi connectivity index (χ4n) is 0. The molecule has 0 aliphatic carbocycles. The molecule has 0 amide bonds. The summed E-state index contributed by atoms with van der Waals surface area (Å²) >= 11 is 1.55. The van der Waals surface area contributed by atoms with E-state index in [-0.39, 0.29) is 7.43 Å². The molecule has 0 aromatic heterocycles. The van der Waals surface area contributed by atoms with Crippen molar-refractivity contribution in [3.05, 3.63) is 7.43 Å². The standard InChI is InChI=1S/C2H4.CH3.W/c1-2;;/h1H,2H3;1H3;/q;-1;. The largest absolute Gasteiger partial charge is 0.358 e. The van der Waals surface area contributed by atoms with Gasteiger partial charge in [-0.15, -0.1) is 0 Å². The first-order chi connectivity index (χ1) is 1.41. The second-order valence-electron chi connectivity index (χ2n) is 0.236. The Morgan fingerprint density at radius 3 is 1.75 bits per heavy atom. The predicted octanol–water partition coefficient (Wildman–Crippen LogP) is 0.806. The van der Waals surface area contributed by atoms with Crippen LogP contribution >= 0.6 is 0 Å². The van der Waals surface area contributed by atoms with Gasteiger partial charge in [0.1, 0.15) is 0 Å². The van der Waals surface area contributed by atoms with Gasteiger partial charge in [0, 0.05) is 0 Å². The molecule has 0 N–H and O–H groups in total. The Labute approximate surface area is 38.6 Å². The molecule has 0 aliphatic heterocycles. The Hall–Kier alpha value is 0.558. The van der Waals surface area contributed by atoms with Crippen molar-refractivity contribution in [2.24, 2.45) is 0 Å². The smallest absolute Gasteiger partial charge is 0.358 e. The summed E-state index contributed by atoms with van der Waals surface area (Å²) in [5, 5.41) is 0. The molecule has 0 saturated carbocycles. The first kappa shape index (κ1) is 8.82. The van der Waals surface area contributed by atoms with Crippen molar-refractivity contribution in [2.75, 3.05) is 0 Å². The third kappa shape index (κ3) is 19.9. The fourth-order valence-corrected chi connectivity index (χ4v) is 0. The van der Waals surface area contributed by atoms with Crippen LogP contribution in [0.4, 0.5) is 0 Å². The summed E-state index contributed by atoms with van der Waals surface area (Å²) in [6.07, 6.45) is 0.